The van der Waals surface area contributed by atoms with E-state index in [4.69, 9.17) is 0 Å². The topological polar surface area (TPSA) is 111 Å². The van der Waals surface area contributed by atoms with Gasteiger partial charge < -0.3 is 5.32 Å². The third-order valence-electron chi connectivity index (χ3n) is 7.10. The zero-order valence-corrected chi connectivity index (χ0v) is 21.2. The quantitative estimate of drug-likeness (QED) is 0.390. The van der Waals surface area contributed by atoms with Gasteiger partial charge in [0.1, 0.15) is 17.6 Å². The zero-order chi connectivity index (χ0) is 28.0. The van der Waals surface area contributed by atoms with Gasteiger partial charge in [0.15, 0.2) is 17.3 Å². The Morgan fingerprint density at radius 1 is 0.800 bits per heavy atom. The molecular formula is C31H21FN4O4. The maximum Gasteiger partial charge on any atom is 0.209 e. The Balaban J connectivity index is 1.34. The van der Waals surface area contributed by atoms with Gasteiger partial charge >= 0.3 is 0 Å². The minimum absolute atomic E-state index is 0.0664. The molecule has 0 radical (unpaired) electrons. The standard InChI is InChI=1S/C31H21FN4O4/c1-17-27(31(40)24-9-5-4-8-23(24)29(17)38)28(18-10-12-19(32)13-11-18)36-16-20(34-35-36)15-33-25-14-26(37)21-6-2-3-7-22(21)30(25)39/h2-14,16,28,33H,15H2,1H3. The van der Waals surface area contributed by atoms with Gasteiger partial charge in [0.25, 0.3) is 0 Å². The van der Waals surface area contributed by atoms with Gasteiger partial charge in [-0.05, 0) is 24.6 Å². The van der Waals surface area contributed by atoms with Crippen molar-refractivity contribution in [3.63, 3.8) is 0 Å². The molecule has 196 valence electrons. The molecule has 1 unspecified atom stereocenters. The number of aromatic nitrogens is 3. The Hall–Kier alpha value is -5.31. The van der Waals surface area contributed by atoms with Crippen molar-refractivity contribution in [3.8, 4) is 0 Å². The van der Waals surface area contributed by atoms with Gasteiger partial charge in [-0.3, -0.25) is 19.2 Å². The molecule has 0 spiro atoms. The van der Waals surface area contributed by atoms with Crippen molar-refractivity contribution in [2.45, 2.75) is 19.5 Å². The lowest BCUT2D eigenvalue weighted by Gasteiger charge is -2.26. The lowest BCUT2D eigenvalue weighted by atomic mass is 9.80. The third kappa shape index (κ3) is 4.17. The summed E-state index contributed by atoms with van der Waals surface area (Å²) in [4.78, 5) is 52.3. The van der Waals surface area contributed by atoms with Gasteiger partial charge in [-0.25, -0.2) is 9.07 Å². The summed E-state index contributed by atoms with van der Waals surface area (Å²) < 4.78 is 15.3. The molecule has 3 aromatic carbocycles. The number of benzene rings is 3. The second-order valence-electron chi connectivity index (χ2n) is 9.54. The first-order valence-electron chi connectivity index (χ1n) is 12.5. The van der Waals surface area contributed by atoms with Crippen molar-refractivity contribution in [3.05, 3.63) is 141 Å². The average molecular weight is 533 g/mol. The van der Waals surface area contributed by atoms with E-state index in [2.05, 4.69) is 15.6 Å². The molecule has 8 nitrogen and oxygen atoms in total. The van der Waals surface area contributed by atoms with Gasteiger partial charge in [-0.15, -0.1) is 5.10 Å². The van der Waals surface area contributed by atoms with Crippen LogP contribution in [-0.4, -0.2) is 38.1 Å². The van der Waals surface area contributed by atoms with E-state index >= 15 is 0 Å². The SMILES string of the molecule is CC1=C(C(c2ccc(F)cc2)n2cc(CNC3=CC(=O)c4ccccc4C3=O)nn2)C(=O)c2ccccc2C1=O. The molecule has 0 fully saturated rings. The first kappa shape index (κ1) is 25.0. The molecule has 0 aliphatic heterocycles. The molecule has 2 aliphatic rings. The van der Waals surface area contributed by atoms with Crippen LogP contribution in [0.25, 0.3) is 0 Å². The fourth-order valence-corrected chi connectivity index (χ4v) is 5.10. The molecule has 0 amide bonds. The average Bonchev–Trinajstić information content (AvgIpc) is 3.44. The summed E-state index contributed by atoms with van der Waals surface area (Å²) in [7, 11) is 0. The van der Waals surface area contributed by atoms with Gasteiger partial charge in [0, 0.05) is 39.5 Å². The number of carbonyl (C=O) groups excluding carboxylic acids is 4. The number of ketones is 4. The fourth-order valence-electron chi connectivity index (χ4n) is 5.10. The van der Waals surface area contributed by atoms with Crippen LogP contribution >= 0.6 is 0 Å². The van der Waals surface area contributed by atoms with E-state index in [9.17, 15) is 23.6 Å². The molecule has 1 aromatic heterocycles. The lowest BCUT2D eigenvalue weighted by molar-refractivity contribution is 0.0967. The summed E-state index contributed by atoms with van der Waals surface area (Å²) in [5.41, 5.74) is 2.86. The molecule has 2 aliphatic carbocycles. The second-order valence-corrected chi connectivity index (χ2v) is 9.54. The maximum atomic E-state index is 13.8. The number of hydrogen-bond acceptors (Lipinski definition) is 7. The van der Waals surface area contributed by atoms with Crippen molar-refractivity contribution in [1.82, 2.24) is 20.3 Å². The largest absolute Gasteiger partial charge is 0.376 e. The molecule has 9 heteroatoms. The molecule has 1 N–H and O–H groups in total. The van der Waals surface area contributed by atoms with Gasteiger partial charge in [-0.1, -0.05) is 65.9 Å². The molecule has 1 atom stereocenters. The van der Waals surface area contributed by atoms with Gasteiger partial charge in [0.05, 0.1) is 18.4 Å². The van der Waals surface area contributed by atoms with E-state index < -0.39 is 11.9 Å². The Bertz CT molecular complexity index is 1800. The normalized spacial score (nSPS) is 15.5. The van der Waals surface area contributed by atoms with Crippen LogP contribution in [0.15, 0.2) is 102 Å². The highest BCUT2D eigenvalue weighted by Crippen LogP contribution is 2.36. The molecule has 40 heavy (non-hydrogen) atoms. The monoisotopic (exact) mass is 532 g/mol. The van der Waals surface area contributed by atoms with E-state index in [1.165, 1.54) is 35.0 Å². The number of carbonyl (C=O) groups is 4. The van der Waals surface area contributed by atoms with Crippen LogP contribution in [0.2, 0.25) is 0 Å². The number of allylic oxidation sites excluding steroid dienone is 4. The highest BCUT2D eigenvalue weighted by molar-refractivity contribution is 6.27. The van der Waals surface area contributed by atoms with Crippen molar-refractivity contribution >= 4 is 23.1 Å². The number of rotatable bonds is 6. The summed E-state index contributed by atoms with van der Waals surface area (Å²) in [5, 5.41) is 11.4. The number of fused-ring (bicyclic) bond motifs is 2. The summed E-state index contributed by atoms with van der Waals surface area (Å²) in [6.45, 7) is 1.66. The van der Waals surface area contributed by atoms with Gasteiger partial charge in [-0.2, -0.15) is 0 Å². The lowest BCUT2D eigenvalue weighted by Crippen LogP contribution is -2.28. The zero-order valence-electron chi connectivity index (χ0n) is 21.2. The number of nitrogens with zero attached hydrogens (tertiary/aromatic N) is 3. The number of Topliss-reactive ketones (excluding diaryl/α,β-unsaturated/α-hetero) is 3. The molecular weight excluding hydrogens is 511 g/mol. The van der Waals surface area contributed by atoms with Crippen LogP contribution < -0.4 is 5.32 Å². The summed E-state index contributed by atoms with van der Waals surface area (Å²) in [5.74, 6) is -1.63. The van der Waals surface area contributed by atoms with Crippen LogP contribution in [0.3, 0.4) is 0 Å². The Morgan fingerprint density at radius 3 is 2.08 bits per heavy atom. The third-order valence-corrected chi connectivity index (χ3v) is 7.10. The first-order valence-corrected chi connectivity index (χ1v) is 12.5. The molecule has 4 aromatic rings. The van der Waals surface area contributed by atoms with Crippen molar-refractivity contribution in [2.24, 2.45) is 0 Å². The molecule has 0 saturated heterocycles. The summed E-state index contributed by atoms with van der Waals surface area (Å²) in [6, 6.07) is 18.0. The van der Waals surface area contributed by atoms with Crippen molar-refractivity contribution in [2.75, 3.05) is 0 Å². The molecule has 0 bridgehead atoms. The molecule has 6 rings (SSSR count). The van der Waals surface area contributed by atoms with Crippen LogP contribution in [0.5, 0.6) is 0 Å². The predicted molar refractivity (Wildman–Crippen MR) is 142 cm³/mol. The molecule has 1 heterocycles. The Morgan fingerprint density at radius 2 is 1.40 bits per heavy atom. The Kier molecular flexibility index (Phi) is 6.11. The number of halogens is 1. The van der Waals surface area contributed by atoms with Gasteiger partial charge in [0.2, 0.25) is 5.78 Å². The number of nitrogens with one attached hydrogen (secondary N) is 1. The highest BCUT2D eigenvalue weighted by atomic mass is 19.1. The van der Waals surface area contributed by atoms with E-state index in [-0.39, 0.29) is 52.1 Å². The van der Waals surface area contributed by atoms with Crippen LogP contribution in [0, 0.1) is 5.82 Å². The van der Waals surface area contributed by atoms with Crippen molar-refractivity contribution < 1.29 is 23.6 Å². The van der Waals surface area contributed by atoms with E-state index in [0.29, 0.717) is 27.9 Å². The first-order chi connectivity index (χ1) is 19.3. The van der Waals surface area contributed by atoms with E-state index in [0.717, 1.165) is 0 Å². The fraction of sp³-hybridized carbons (Fsp3) is 0.0968. The van der Waals surface area contributed by atoms with E-state index in [1.54, 1.807) is 61.7 Å². The minimum atomic E-state index is -0.865. The summed E-state index contributed by atoms with van der Waals surface area (Å²) in [6.07, 6.45) is 2.84. The second kappa shape index (κ2) is 9.77. The highest BCUT2D eigenvalue weighted by Gasteiger charge is 2.36. The van der Waals surface area contributed by atoms with E-state index in [1.807, 2.05) is 0 Å². The van der Waals surface area contributed by atoms with Crippen LogP contribution in [-0.2, 0) is 6.54 Å². The predicted octanol–water partition coefficient (Wildman–Crippen LogP) is 4.46. The van der Waals surface area contributed by atoms with Crippen molar-refractivity contribution in [1.29, 1.82) is 0 Å². The molecule has 0 saturated carbocycles. The van der Waals surface area contributed by atoms with Crippen LogP contribution in [0.1, 0.15) is 65.7 Å². The maximum absolute atomic E-state index is 13.8. The Labute approximate surface area is 227 Å². The van der Waals surface area contributed by atoms with Crippen LogP contribution in [0.4, 0.5) is 4.39 Å². The summed E-state index contributed by atoms with van der Waals surface area (Å²) >= 11 is 0. The number of hydrogen-bond donors (Lipinski definition) is 1. The smallest absolute Gasteiger partial charge is 0.209 e. The minimum Gasteiger partial charge on any atom is -0.376 e.